The molecule has 0 saturated carbocycles. The molecule has 0 bridgehead atoms. The highest BCUT2D eigenvalue weighted by atomic mass is 16.6. The van der Waals surface area contributed by atoms with Crippen LogP contribution in [0.1, 0.15) is 15.9 Å². The van der Waals surface area contributed by atoms with Crippen molar-refractivity contribution in [1.82, 2.24) is 0 Å². The molecule has 0 radical (unpaired) electrons. The zero-order valence-electron chi connectivity index (χ0n) is 11.3. The molecule has 6 heteroatoms. The Labute approximate surface area is 125 Å². The van der Waals surface area contributed by atoms with Gasteiger partial charge in [-0.1, -0.05) is 42.5 Å². The summed E-state index contributed by atoms with van der Waals surface area (Å²) in [6.07, 6.45) is 0. The summed E-state index contributed by atoms with van der Waals surface area (Å²) in [6, 6.07) is 15.1. The first-order chi connectivity index (χ1) is 10.6. The molecule has 0 amide bonds. The monoisotopic (exact) mass is 294 g/mol. The van der Waals surface area contributed by atoms with Gasteiger partial charge in [-0.3, -0.25) is 19.7 Å². The zero-order valence-corrected chi connectivity index (χ0v) is 11.3. The van der Waals surface area contributed by atoms with Crippen molar-refractivity contribution in [3.05, 3.63) is 81.5 Å². The van der Waals surface area contributed by atoms with Gasteiger partial charge >= 0.3 is 11.5 Å². The van der Waals surface area contributed by atoms with Gasteiger partial charge in [-0.15, -0.1) is 0 Å². The lowest BCUT2D eigenvalue weighted by molar-refractivity contribution is -0.417. The number of allylic oxidation sites excluding steroid dienone is 1. The Hall–Kier alpha value is -3.28. The lowest BCUT2D eigenvalue weighted by Gasteiger charge is -2.18. The number of benzene rings is 2. The van der Waals surface area contributed by atoms with E-state index in [4.69, 9.17) is 0 Å². The SMILES string of the molecule is O=C1C(=O)c2ccccc2C(Nc2ccccc2)=C1[N+](=O)[O-]. The number of carbonyl (C=O) groups excluding carboxylic acids is 2. The molecule has 1 aliphatic rings. The summed E-state index contributed by atoms with van der Waals surface area (Å²) in [4.78, 5) is 34.5. The smallest absolute Gasteiger partial charge is 0.344 e. The highest BCUT2D eigenvalue weighted by Gasteiger charge is 2.40. The van der Waals surface area contributed by atoms with Crippen molar-refractivity contribution in [2.24, 2.45) is 0 Å². The number of para-hydroxylation sites is 1. The quantitative estimate of drug-likeness (QED) is 0.533. The van der Waals surface area contributed by atoms with Crippen LogP contribution in [-0.4, -0.2) is 16.5 Å². The molecule has 0 saturated heterocycles. The van der Waals surface area contributed by atoms with Gasteiger partial charge in [-0.2, -0.15) is 0 Å². The molecule has 1 aliphatic carbocycles. The van der Waals surface area contributed by atoms with Crippen molar-refractivity contribution in [2.75, 3.05) is 5.32 Å². The summed E-state index contributed by atoms with van der Waals surface area (Å²) in [5.41, 5.74) is 0.414. The third-order valence-corrected chi connectivity index (χ3v) is 3.32. The fraction of sp³-hybridized carbons (Fsp3) is 0. The van der Waals surface area contributed by atoms with Crippen LogP contribution in [-0.2, 0) is 4.79 Å². The van der Waals surface area contributed by atoms with Gasteiger partial charge in [-0.05, 0) is 12.1 Å². The third-order valence-electron chi connectivity index (χ3n) is 3.32. The van der Waals surface area contributed by atoms with E-state index >= 15 is 0 Å². The normalized spacial score (nSPS) is 13.8. The van der Waals surface area contributed by atoms with E-state index in [2.05, 4.69) is 5.32 Å². The summed E-state index contributed by atoms with van der Waals surface area (Å²) < 4.78 is 0. The van der Waals surface area contributed by atoms with E-state index in [0.717, 1.165) is 0 Å². The van der Waals surface area contributed by atoms with Crippen LogP contribution in [0.15, 0.2) is 60.3 Å². The summed E-state index contributed by atoms with van der Waals surface area (Å²) >= 11 is 0. The van der Waals surface area contributed by atoms with Gasteiger partial charge in [0.1, 0.15) is 5.70 Å². The summed E-state index contributed by atoms with van der Waals surface area (Å²) in [5, 5.41) is 14.1. The average molecular weight is 294 g/mol. The van der Waals surface area contributed by atoms with Crippen molar-refractivity contribution in [3.8, 4) is 0 Å². The number of fused-ring (bicyclic) bond motifs is 1. The number of carbonyl (C=O) groups is 2. The number of nitrogens with one attached hydrogen (secondary N) is 1. The zero-order chi connectivity index (χ0) is 15.7. The van der Waals surface area contributed by atoms with E-state index in [1.165, 1.54) is 6.07 Å². The van der Waals surface area contributed by atoms with Crippen LogP contribution in [0, 0.1) is 10.1 Å². The van der Waals surface area contributed by atoms with E-state index < -0.39 is 22.2 Å². The largest absolute Gasteiger partial charge is 0.349 e. The summed E-state index contributed by atoms with van der Waals surface area (Å²) in [6.45, 7) is 0. The molecule has 0 heterocycles. The Morgan fingerprint density at radius 3 is 2.05 bits per heavy atom. The Morgan fingerprint density at radius 1 is 0.818 bits per heavy atom. The highest BCUT2D eigenvalue weighted by molar-refractivity contribution is 6.52. The molecular weight excluding hydrogens is 284 g/mol. The molecule has 22 heavy (non-hydrogen) atoms. The fourth-order valence-electron chi connectivity index (χ4n) is 2.34. The van der Waals surface area contributed by atoms with Crippen molar-refractivity contribution in [3.63, 3.8) is 0 Å². The van der Waals surface area contributed by atoms with Gasteiger partial charge in [0.2, 0.25) is 5.78 Å². The van der Waals surface area contributed by atoms with Gasteiger partial charge in [0, 0.05) is 16.8 Å². The Morgan fingerprint density at radius 2 is 1.41 bits per heavy atom. The van der Waals surface area contributed by atoms with E-state index in [1.807, 2.05) is 0 Å². The first-order valence-electron chi connectivity index (χ1n) is 6.49. The molecule has 0 aliphatic heterocycles. The standard InChI is InChI=1S/C16H10N2O4/c19-15-12-9-5-4-8-11(12)13(14(16(15)20)18(21)22)17-10-6-2-1-3-7-10/h1-9,17H. The number of ketones is 2. The van der Waals surface area contributed by atoms with Crippen molar-refractivity contribution in [2.45, 2.75) is 0 Å². The number of rotatable bonds is 3. The second kappa shape index (κ2) is 5.25. The van der Waals surface area contributed by atoms with Gasteiger partial charge in [0.25, 0.3) is 0 Å². The molecule has 6 nitrogen and oxygen atoms in total. The minimum atomic E-state index is -1.11. The van der Waals surface area contributed by atoms with Gasteiger partial charge < -0.3 is 5.32 Å². The molecule has 2 aromatic carbocycles. The van der Waals surface area contributed by atoms with Crippen LogP contribution in [0.2, 0.25) is 0 Å². The summed E-state index contributed by atoms with van der Waals surface area (Å²) in [5.74, 6) is -1.97. The fourth-order valence-corrected chi connectivity index (χ4v) is 2.34. The molecule has 0 aromatic heterocycles. The maximum atomic E-state index is 12.0. The molecule has 1 N–H and O–H groups in total. The second-order valence-electron chi connectivity index (χ2n) is 4.68. The van der Waals surface area contributed by atoms with Crippen LogP contribution in [0.25, 0.3) is 5.70 Å². The number of anilines is 1. The minimum absolute atomic E-state index is 0.0383. The maximum absolute atomic E-state index is 12.0. The number of nitro groups is 1. The molecule has 3 rings (SSSR count). The first-order valence-corrected chi connectivity index (χ1v) is 6.49. The average Bonchev–Trinajstić information content (AvgIpc) is 2.53. The number of hydrogen-bond donors (Lipinski definition) is 1. The highest BCUT2D eigenvalue weighted by Crippen LogP contribution is 2.30. The number of hydrogen-bond acceptors (Lipinski definition) is 5. The number of nitrogens with zero attached hydrogens (tertiary/aromatic N) is 1. The second-order valence-corrected chi connectivity index (χ2v) is 4.68. The lowest BCUT2D eigenvalue weighted by atomic mass is 9.90. The van der Waals surface area contributed by atoms with Gasteiger partial charge in [0.15, 0.2) is 0 Å². The van der Waals surface area contributed by atoms with Crippen LogP contribution >= 0.6 is 0 Å². The van der Waals surface area contributed by atoms with Crippen molar-refractivity contribution < 1.29 is 14.5 Å². The molecule has 0 atom stereocenters. The molecule has 2 aromatic rings. The van der Waals surface area contributed by atoms with Gasteiger partial charge in [-0.25, -0.2) is 0 Å². The number of Topliss-reactive ketones (excluding diaryl/α,β-unsaturated/α-hetero) is 2. The van der Waals surface area contributed by atoms with E-state index in [1.54, 1.807) is 48.5 Å². The predicted octanol–water partition coefficient (Wildman–Crippen LogP) is 2.51. The Balaban J connectivity index is 2.22. The minimum Gasteiger partial charge on any atom is -0.349 e. The lowest BCUT2D eigenvalue weighted by Crippen LogP contribution is -2.29. The summed E-state index contributed by atoms with van der Waals surface area (Å²) in [7, 11) is 0. The van der Waals surface area contributed by atoms with Crippen LogP contribution < -0.4 is 5.32 Å². The first kappa shape index (κ1) is 13.7. The van der Waals surface area contributed by atoms with Crippen molar-refractivity contribution >= 4 is 23.0 Å². The van der Waals surface area contributed by atoms with E-state index in [0.29, 0.717) is 11.3 Å². The molecule has 0 spiro atoms. The maximum Gasteiger partial charge on any atom is 0.344 e. The molecular formula is C16H10N2O4. The topological polar surface area (TPSA) is 89.3 Å². The molecule has 108 valence electrons. The van der Waals surface area contributed by atoms with Gasteiger partial charge in [0.05, 0.1) is 4.92 Å². The Bertz CT molecular complexity index is 825. The molecule has 0 fully saturated rings. The predicted molar refractivity (Wildman–Crippen MR) is 79.8 cm³/mol. The van der Waals surface area contributed by atoms with E-state index in [-0.39, 0.29) is 11.3 Å². The molecule has 0 unspecified atom stereocenters. The van der Waals surface area contributed by atoms with Crippen LogP contribution in [0.5, 0.6) is 0 Å². The third kappa shape index (κ3) is 2.16. The van der Waals surface area contributed by atoms with Crippen LogP contribution in [0.4, 0.5) is 5.69 Å². The van der Waals surface area contributed by atoms with Crippen LogP contribution in [0.3, 0.4) is 0 Å². The van der Waals surface area contributed by atoms with Crippen molar-refractivity contribution in [1.29, 1.82) is 0 Å². The van der Waals surface area contributed by atoms with E-state index in [9.17, 15) is 19.7 Å². The Kier molecular flexibility index (Phi) is 3.27.